The Kier molecular flexibility index (Phi) is 5.33. The molecule has 1 aromatic carbocycles. The number of nitrogens with zero attached hydrogens (tertiary/aromatic N) is 2. The number of aromatic nitrogens is 2. The molecule has 1 heterocycles. The number of hydrogen-bond donors (Lipinski definition) is 2. The third-order valence-electron chi connectivity index (χ3n) is 3.29. The summed E-state index contributed by atoms with van der Waals surface area (Å²) in [4.78, 5) is 0. The lowest BCUT2D eigenvalue weighted by molar-refractivity contribution is 0.456. The number of hydrogen-bond acceptors (Lipinski definition) is 5. The van der Waals surface area contributed by atoms with Crippen molar-refractivity contribution in [3.8, 4) is 0 Å². The molecule has 0 aliphatic carbocycles. The van der Waals surface area contributed by atoms with E-state index in [0.29, 0.717) is 24.4 Å². The van der Waals surface area contributed by atoms with Gasteiger partial charge in [-0.15, -0.1) is 5.10 Å². The summed E-state index contributed by atoms with van der Waals surface area (Å²) in [6, 6.07) is 8.87. The molecule has 5 nitrogen and oxygen atoms in total. The molecule has 21 heavy (non-hydrogen) atoms. The molecule has 114 valence electrons. The fourth-order valence-electron chi connectivity index (χ4n) is 2.19. The summed E-state index contributed by atoms with van der Waals surface area (Å²) in [7, 11) is 0. The molecule has 1 aromatic heterocycles. The van der Waals surface area contributed by atoms with Crippen LogP contribution in [0, 0.1) is 12.8 Å². The van der Waals surface area contributed by atoms with Gasteiger partial charge in [0, 0.05) is 0 Å². The monoisotopic (exact) mass is 288 g/mol. The Morgan fingerprint density at radius 2 is 1.90 bits per heavy atom. The van der Waals surface area contributed by atoms with E-state index in [4.69, 9.17) is 4.42 Å². The van der Waals surface area contributed by atoms with Gasteiger partial charge < -0.3 is 15.1 Å². The van der Waals surface area contributed by atoms with Crippen LogP contribution >= 0.6 is 0 Å². The Bertz CT molecular complexity index is 565. The summed E-state index contributed by atoms with van der Waals surface area (Å²) in [5.74, 6) is 1.21. The molecule has 2 N–H and O–H groups in total. The Hall–Kier alpha value is -1.88. The summed E-state index contributed by atoms with van der Waals surface area (Å²) in [5, 5.41) is 14.6. The third kappa shape index (κ3) is 4.56. The molecule has 0 fully saturated rings. The quantitative estimate of drug-likeness (QED) is 0.818. The van der Waals surface area contributed by atoms with Gasteiger partial charge in [-0.2, -0.15) is 0 Å². The largest absolute Gasteiger partial charge is 0.407 e. The fourth-order valence-corrected chi connectivity index (χ4v) is 2.19. The molecular formula is C16H24N4O. The van der Waals surface area contributed by atoms with E-state index in [1.54, 1.807) is 0 Å². The summed E-state index contributed by atoms with van der Waals surface area (Å²) < 4.78 is 5.60. The van der Waals surface area contributed by atoms with Crippen LogP contribution in [0.4, 0.5) is 6.01 Å². The van der Waals surface area contributed by atoms with Gasteiger partial charge in [0.2, 0.25) is 5.89 Å². The van der Waals surface area contributed by atoms with E-state index in [1.165, 1.54) is 11.1 Å². The maximum absolute atomic E-state index is 5.60. The molecule has 0 radical (unpaired) electrons. The zero-order valence-corrected chi connectivity index (χ0v) is 13.2. The van der Waals surface area contributed by atoms with Gasteiger partial charge in [0.15, 0.2) is 0 Å². The summed E-state index contributed by atoms with van der Waals surface area (Å²) in [6.45, 7) is 10.1. The van der Waals surface area contributed by atoms with Crippen molar-refractivity contribution in [2.75, 3.05) is 11.9 Å². The number of aryl methyl sites for hydroxylation is 1. The summed E-state index contributed by atoms with van der Waals surface area (Å²) in [5.41, 5.74) is 2.48. The van der Waals surface area contributed by atoms with Gasteiger partial charge in [-0.05, 0) is 37.4 Å². The average molecular weight is 288 g/mol. The van der Waals surface area contributed by atoms with Crippen molar-refractivity contribution in [3.63, 3.8) is 0 Å². The van der Waals surface area contributed by atoms with Crippen LogP contribution in [-0.2, 0) is 6.54 Å². The number of benzene rings is 1. The molecule has 5 heteroatoms. The zero-order chi connectivity index (χ0) is 15.2. The van der Waals surface area contributed by atoms with Crippen LogP contribution in [0.1, 0.15) is 43.8 Å². The predicted molar refractivity (Wildman–Crippen MR) is 84.1 cm³/mol. The molecule has 0 aliphatic heterocycles. The van der Waals surface area contributed by atoms with Crippen molar-refractivity contribution in [2.24, 2.45) is 5.92 Å². The normalized spacial score (nSPS) is 12.6. The zero-order valence-electron chi connectivity index (χ0n) is 13.2. The SMILES string of the molecule is Cc1ccccc1C(C)Nc1nnc(CNCC(C)C)o1. The minimum atomic E-state index is 0.128. The first-order valence-corrected chi connectivity index (χ1v) is 7.41. The minimum absolute atomic E-state index is 0.128. The van der Waals surface area contributed by atoms with Crippen LogP contribution in [0.3, 0.4) is 0 Å². The van der Waals surface area contributed by atoms with Gasteiger partial charge in [0.25, 0.3) is 0 Å². The van der Waals surface area contributed by atoms with Crippen LogP contribution in [0.2, 0.25) is 0 Å². The first-order chi connectivity index (χ1) is 10.1. The van der Waals surface area contributed by atoms with Crippen LogP contribution < -0.4 is 10.6 Å². The Balaban J connectivity index is 1.91. The average Bonchev–Trinajstić information content (AvgIpc) is 2.86. The molecular weight excluding hydrogens is 264 g/mol. The number of anilines is 1. The van der Waals surface area contributed by atoms with Gasteiger partial charge in [0.05, 0.1) is 12.6 Å². The highest BCUT2D eigenvalue weighted by atomic mass is 16.4. The topological polar surface area (TPSA) is 63.0 Å². The second-order valence-electron chi connectivity index (χ2n) is 5.75. The molecule has 0 saturated carbocycles. The molecule has 0 saturated heterocycles. The molecule has 0 bridgehead atoms. The van der Waals surface area contributed by atoms with Gasteiger partial charge in [-0.3, -0.25) is 0 Å². The Morgan fingerprint density at radius 1 is 1.14 bits per heavy atom. The van der Waals surface area contributed by atoms with Gasteiger partial charge >= 0.3 is 6.01 Å². The number of rotatable bonds is 7. The highest BCUT2D eigenvalue weighted by Gasteiger charge is 2.12. The van der Waals surface area contributed by atoms with Crippen molar-refractivity contribution in [1.29, 1.82) is 0 Å². The maximum atomic E-state index is 5.60. The van der Waals surface area contributed by atoms with Gasteiger partial charge in [0.1, 0.15) is 0 Å². The van der Waals surface area contributed by atoms with Crippen LogP contribution in [0.25, 0.3) is 0 Å². The van der Waals surface area contributed by atoms with E-state index >= 15 is 0 Å². The van der Waals surface area contributed by atoms with Crippen molar-refractivity contribution in [3.05, 3.63) is 41.3 Å². The summed E-state index contributed by atoms with van der Waals surface area (Å²) in [6.07, 6.45) is 0. The first kappa shape index (κ1) is 15.5. The summed E-state index contributed by atoms with van der Waals surface area (Å²) >= 11 is 0. The molecule has 2 aromatic rings. The highest BCUT2D eigenvalue weighted by Crippen LogP contribution is 2.21. The highest BCUT2D eigenvalue weighted by molar-refractivity contribution is 5.33. The van der Waals surface area contributed by atoms with E-state index in [2.05, 4.69) is 60.7 Å². The molecule has 0 aliphatic rings. The fraction of sp³-hybridized carbons (Fsp3) is 0.500. The standard InChI is InChI=1S/C16H24N4O/c1-11(2)9-17-10-15-19-20-16(21-15)18-13(4)14-8-6-5-7-12(14)3/h5-8,11,13,17H,9-10H2,1-4H3,(H,18,20). The lowest BCUT2D eigenvalue weighted by Gasteiger charge is -2.14. The second-order valence-corrected chi connectivity index (χ2v) is 5.75. The predicted octanol–water partition coefficient (Wildman–Crippen LogP) is 3.30. The van der Waals surface area contributed by atoms with E-state index < -0.39 is 0 Å². The van der Waals surface area contributed by atoms with E-state index in [0.717, 1.165) is 6.54 Å². The van der Waals surface area contributed by atoms with Crippen molar-refractivity contribution >= 4 is 6.01 Å². The lowest BCUT2D eigenvalue weighted by Crippen LogP contribution is -2.19. The lowest BCUT2D eigenvalue weighted by atomic mass is 10.0. The molecule has 0 amide bonds. The maximum Gasteiger partial charge on any atom is 0.315 e. The van der Waals surface area contributed by atoms with Crippen molar-refractivity contribution < 1.29 is 4.42 Å². The van der Waals surface area contributed by atoms with E-state index in [-0.39, 0.29) is 6.04 Å². The molecule has 1 unspecified atom stereocenters. The minimum Gasteiger partial charge on any atom is -0.407 e. The Morgan fingerprint density at radius 3 is 2.62 bits per heavy atom. The van der Waals surface area contributed by atoms with E-state index in [9.17, 15) is 0 Å². The Labute approximate surface area is 126 Å². The third-order valence-corrected chi connectivity index (χ3v) is 3.29. The van der Waals surface area contributed by atoms with E-state index in [1.807, 2.05) is 12.1 Å². The molecule has 2 rings (SSSR count). The molecule has 1 atom stereocenters. The smallest absolute Gasteiger partial charge is 0.315 e. The van der Waals surface area contributed by atoms with Gasteiger partial charge in [-0.1, -0.05) is 43.2 Å². The second kappa shape index (κ2) is 7.22. The first-order valence-electron chi connectivity index (χ1n) is 7.41. The van der Waals surface area contributed by atoms with Crippen LogP contribution in [0.5, 0.6) is 0 Å². The number of nitrogens with one attached hydrogen (secondary N) is 2. The molecule has 0 spiro atoms. The van der Waals surface area contributed by atoms with Gasteiger partial charge in [-0.25, -0.2) is 0 Å². The van der Waals surface area contributed by atoms with Crippen molar-refractivity contribution in [2.45, 2.75) is 40.3 Å². The van der Waals surface area contributed by atoms with Crippen LogP contribution in [-0.4, -0.2) is 16.7 Å². The van der Waals surface area contributed by atoms with Crippen LogP contribution in [0.15, 0.2) is 28.7 Å². The van der Waals surface area contributed by atoms with Crippen molar-refractivity contribution in [1.82, 2.24) is 15.5 Å².